The third-order valence-corrected chi connectivity index (χ3v) is 5.09. The second kappa shape index (κ2) is 6.41. The zero-order chi connectivity index (χ0) is 18.3. The summed E-state index contributed by atoms with van der Waals surface area (Å²) in [5.74, 6) is 1.18. The van der Waals surface area contributed by atoms with Gasteiger partial charge in [-0.05, 0) is 70.2 Å². The minimum atomic E-state index is -0.0286. The molecule has 2 aromatic carbocycles. The molecule has 1 atom stereocenters. The van der Waals surface area contributed by atoms with Crippen molar-refractivity contribution in [2.75, 3.05) is 5.32 Å². The number of aromatic nitrogens is 4. The standard InChI is InChI=1S/C21H23N5/c1-13(2)16-7-9-17(10-8-16)20-12-19(22-21-23-24-25-26(20)21)18-6-5-14(3)15(4)11-18/h5-13,20H,1-4H3,(H,22,23,25)/t20-/m1/s1. The number of hydrogen-bond acceptors (Lipinski definition) is 4. The van der Waals surface area contributed by atoms with Crippen LogP contribution in [0.1, 0.15) is 53.6 Å². The predicted molar refractivity (Wildman–Crippen MR) is 104 cm³/mol. The van der Waals surface area contributed by atoms with Crippen molar-refractivity contribution < 1.29 is 0 Å². The van der Waals surface area contributed by atoms with Crippen LogP contribution in [0.4, 0.5) is 5.95 Å². The Kier molecular flexibility index (Phi) is 4.07. The summed E-state index contributed by atoms with van der Waals surface area (Å²) in [4.78, 5) is 0. The zero-order valence-electron chi connectivity index (χ0n) is 15.6. The van der Waals surface area contributed by atoms with Gasteiger partial charge in [0.1, 0.15) is 6.04 Å². The van der Waals surface area contributed by atoms with Gasteiger partial charge in [-0.15, -0.1) is 0 Å². The molecule has 5 nitrogen and oxygen atoms in total. The van der Waals surface area contributed by atoms with Crippen LogP contribution in [-0.4, -0.2) is 20.2 Å². The maximum Gasteiger partial charge on any atom is 0.248 e. The third kappa shape index (κ3) is 2.90. The lowest BCUT2D eigenvalue weighted by Crippen LogP contribution is -2.20. The number of rotatable bonds is 3. The molecule has 3 aromatic rings. The van der Waals surface area contributed by atoms with Crippen molar-refractivity contribution in [3.63, 3.8) is 0 Å². The number of nitrogens with zero attached hydrogens (tertiary/aromatic N) is 4. The van der Waals surface area contributed by atoms with Gasteiger partial charge in [0.15, 0.2) is 0 Å². The highest BCUT2D eigenvalue weighted by atomic mass is 15.6. The van der Waals surface area contributed by atoms with Crippen LogP contribution in [-0.2, 0) is 0 Å². The number of fused-ring (bicyclic) bond motifs is 1. The summed E-state index contributed by atoms with van der Waals surface area (Å²) in [6.45, 7) is 8.67. The SMILES string of the molecule is Cc1ccc(C2=C[C@H](c3ccc(C(C)C)cc3)n3nnnc3N2)cc1C. The van der Waals surface area contributed by atoms with Gasteiger partial charge in [0.2, 0.25) is 5.95 Å². The Morgan fingerprint density at radius 2 is 1.77 bits per heavy atom. The molecular weight excluding hydrogens is 322 g/mol. The monoisotopic (exact) mass is 345 g/mol. The molecule has 4 rings (SSSR count). The summed E-state index contributed by atoms with van der Waals surface area (Å²) in [5.41, 5.74) is 7.24. The third-order valence-electron chi connectivity index (χ3n) is 5.09. The largest absolute Gasteiger partial charge is 0.323 e. The Morgan fingerprint density at radius 1 is 1.00 bits per heavy atom. The van der Waals surface area contributed by atoms with E-state index >= 15 is 0 Å². The van der Waals surface area contributed by atoms with Crippen LogP contribution in [0.15, 0.2) is 48.5 Å². The molecule has 1 aliphatic rings. The molecule has 132 valence electrons. The Morgan fingerprint density at radius 3 is 2.46 bits per heavy atom. The minimum Gasteiger partial charge on any atom is -0.323 e. The number of aryl methyl sites for hydroxylation is 2. The van der Waals surface area contributed by atoms with Gasteiger partial charge in [-0.2, -0.15) is 4.68 Å². The smallest absolute Gasteiger partial charge is 0.248 e. The average molecular weight is 345 g/mol. The van der Waals surface area contributed by atoms with Gasteiger partial charge in [-0.3, -0.25) is 0 Å². The van der Waals surface area contributed by atoms with E-state index < -0.39 is 0 Å². The maximum atomic E-state index is 4.18. The topological polar surface area (TPSA) is 55.6 Å². The van der Waals surface area contributed by atoms with Crippen molar-refractivity contribution in [3.05, 3.63) is 76.4 Å². The number of hydrogen-bond donors (Lipinski definition) is 1. The lowest BCUT2D eigenvalue weighted by atomic mass is 9.96. The molecule has 0 fully saturated rings. The molecule has 0 saturated heterocycles. The van der Waals surface area contributed by atoms with Crippen LogP contribution in [0.25, 0.3) is 5.70 Å². The highest BCUT2D eigenvalue weighted by Gasteiger charge is 2.24. The van der Waals surface area contributed by atoms with E-state index in [9.17, 15) is 0 Å². The molecule has 0 unspecified atom stereocenters. The normalized spacial score (nSPS) is 16.2. The van der Waals surface area contributed by atoms with Crippen molar-refractivity contribution >= 4 is 11.6 Å². The van der Waals surface area contributed by atoms with E-state index in [2.05, 4.69) is 97.1 Å². The number of nitrogens with one attached hydrogen (secondary N) is 1. The highest BCUT2D eigenvalue weighted by Crippen LogP contribution is 2.32. The summed E-state index contributed by atoms with van der Waals surface area (Å²) in [6.07, 6.45) is 2.19. The van der Waals surface area contributed by atoms with Gasteiger partial charge in [-0.25, -0.2) is 0 Å². The Hall–Kier alpha value is -2.95. The molecule has 1 aromatic heterocycles. The van der Waals surface area contributed by atoms with Gasteiger partial charge >= 0.3 is 0 Å². The Labute approximate surface area is 153 Å². The molecule has 0 spiro atoms. The van der Waals surface area contributed by atoms with E-state index in [1.165, 1.54) is 22.3 Å². The molecular formula is C21H23N5. The molecule has 2 heterocycles. The highest BCUT2D eigenvalue weighted by molar-refractivity contribution is 5.77. The summed E-state index contributed by atoms with van der Waals surface area (Å²) >= 11 is 0. The van der Waals surface area contributed by atoms with Gasteiger partial charge in [0, 0.05) is 5.70 Å². The second-order valence-corrected chi connectivity index (χ2v) is 7.22. The van der Waals surface area contributed by atoms with Gasteiger partial charge in [0.25, 0.3) is 0 Å². The fourth-order valence-electron chi connectivity index (χ4n) is 3.25. The molecule has 5 heteroatoms. The number of anilines is 1. The number of allylic oxidation sites excluding steroid dienone is 1. The predicted octanol–water partition coefficient (Wildman–Crippen LogP) is 4.47. The first-order chi connectivity index (χ1) is 12.5. The Balaban J connectivity index is 1.76. The van der Waals surface area contributed by atoms with E-state index in [0.29, 0.717) is 11.9 Å². The van der Waals surface area contributed by atoms with E-state index in [4.69, 9.17) is 0 Å². The second-order valence-electron chi connectivity index (χ2n) is 7.22. The molecule has 26 heavy (non-hydrogen) atoms. The van der Waals surface area contributed by atoms with Crippen LogP contribution in [0.2, 0.25) is 0 Å². The van der Waals surface area contributed by atoms with E-state index in [1.807, 2.05) is 4.68 Å². The van der Waals surface area contributed by atoms with E-state index in [-0.39, 0.29) is 6.04 Å². The van der Waals surface area contributed by atoms with Crippen LogP contribution in [0, 0.1) is 13.8 Å². The average Bonchev–Trinajstić information content (AvgIpc) is 3.12. The summed E-state index contributed by atoms with van der Waals surface area (Å²) in [6, 6.07) is 15.2. The van der Waals surface area contributed by atoms with Crippen molar-refractivity contribution in [1.29, 1.82) is 0 Å². The number of tetrazole rings is 1. The van der Waals surface area contributed by atoms with Crippen molar-refractivity contribution in [2.24, 2.45) is 0 Å². The van der Waals surface area contributed by atoms with Gasteiger partial charge < -0.3 is 5.32 Å². The van der Waals surface area contributed by atoms with Crippen LogP contribution < -0.4 is 5.32 Å². The lowest BCUT2D eigenvalue weighted by molar-refractivity contribution is 0.585. The first kappa shape index (κ1) is 16.5. The molecule has 0 aliphatic carbocycles. The molecule has 0 bridgehead atoms. The summed E-state index contributed by atoms with van der Waals surface area (Å²) in [5, 5.41) is 15.5. The van der Waals surface area contributed by atoms with E-state index in [0.717, 1.165) is 11.3 Å². The van der Waals surface area contributed by atoms with Crippen LogP contribution >= 0.6 is 0 Å². The van der Waals surface area contributed by atoms with Gasteiger partial charge in [0.05, 0.1) is 0 Å². The molecule has 1 aliphatic heterocycles. The fourth-order valence-corrected chi connectivity index (χ4v) is 3.25. The fraction of sp³-hybridized carbons (Fsp3) is 0.286. The van der Waals surface area contributed by atoms with E-state index in [1.54, 1.807) is 0 Å². The minimum absolute atomic E-state index is 0.0286. The maximum absolute atomic E-state index is 4.18. The molecule has 0 radical (unpaired) electrons. The van der Waals surface area contributed by atoms with Crippen LogP contribution in [0.3, 0.4) is 0 Å². The quantitative estimate of drug-likeness (QED) is 0.761. The Bertz CT molecular complexity index is 966. The summed E-state index contributed by atoms with van der Waals surface area (Å²) < 4.78 is 1.83. The molecule has 0 saturated carbocycles. The zero-order valence-corrected chi connectivity index (χ0v) is 15.6. The molecule has 1 N–H and O–H groups in total. The van der Waals surface area contributed by atoms with Crippen molar-refractivity contribution in [3.8, 4) is 0 Å². The van der Waals surface area contributed by atoms with Crippen molar-refractivity contribution in [2.45, 2.75) is 39.7 Å². The van der Waals surface area contributed by atoms with Crippen LogP contribution in [0.5, 0.6) is 0 Å². The lowest BCUT2D eigenvalue weighted by Gasteiger charge is -2.24. The summed E-state index contributed by atoms with van der Waals surface area (Å²) in [7, 11) is 0. The number of benzene rings is 2. The van der Waals surface area contributed by atoms with Gasteiger partial charge in [-0.1, -0.05) is 55.3 Å². The molecule has 0 amide bonds. The van der Waals surface area contributed by atoms with Crippen molar-refractivity contribution in [1.82, 2.24) is 20.2 Å². The first-order valence-electron chi connectivity index (χ1n) is 8.97. The first-order valence-corrected chi connectivity index (χ1v) is 8.97.